The van der Waals surface area contributed by atoms with Crippen LogP contribution in [0.4, 0.5) is 14.9 Å². The van der Waals surface area contributed by atoms with Gasteiger partial charge in [0.1, 0.15) is 5.82 Å². The van der Waals surface area contributed by atoms with Crippen LogP contribution in [-0.2, 0) is 0 Å². The van der Waals surface area contributed by atoms with Crippen LogP contribution in [0.15, 0.2) is 72.8 Å². The fraction of sp³-hybridized carbons (Fsp3) is 0.345. The van der Waals surface area contributed by atoms with Gasteiger partial charge in [-0.25, -0.2) is 9.18 Å². The zero-order valence-corrected chi connectivity index (χ0v) is 20.0. The minimum absolute atomic E-state index is 0.0523. The van der Waals surface area contributed by atoms with Crippen molar-refractivity contribution >= 4 is 11.7 Å². The Hall–Kier alpha value is -3.22. The van der Waals surface area contributed by atoms with Crippen molar-refractivity contribution in [3.63, 3.8) is 0 Å². The van der Waals surface area contributed by atoms with Gasteiger partial charge in [0.15, 0.2) is 0 Å². The highest BCUT2D eigenvalue weighted by Gasteiger charge is 2.49. The van der Waals surface area contributed by atoms with Crippen molar-refractivity contribution in [3.8, 4) is 11.1 Å². The highest BCUT2D eigenvalue weighted by atomic mass is 19.1. The molecule has 5 rings (SSSR count). The number of carbonyl (C=O) groups is 1. The zero-order valence-electron chi connectivity index (χ0n) is 20.0. The Bertz CT molecular complexity index is 1170. The van der Waals surface area contributed by atoms with E-state index in [1.807, 2.05) is 4.90 Å². The number of aryl methyl sites for hydroxylation is 1. The van der Waals surface area contributed by atoms with E-state index in [4.69, 9.17) is 0 Å². The summed E-state index contributed by atoms with van der Waals surface area (Å²) in [4.78, 5) is 17.2. The Morgan fingerprint density at radius 1 is 1.00 bits per heavy atom. The number of anilines is 1. The lowest BCUT2D eigenvalue weighted by molar-refractivity contribution is -0.0585. The van der Waals surface area contributed by atoms with Crippen molar-refractivity contribution in [1.29, 1.82) is 0 Å². The number of urea groups is 1. The summed E-state index contributed by atoms with van der Waals surface area (Å²) in [5, 5.41) is 13.1. The van der Waals surface area contributed by atoms with E-state index in [2.05, 4.69) is 65.7 Å². The first-order chi connectivity index (χ1) is 17.0. The number of halogens is 1. The van der Waals surface area contributed by atoms with E-state index < -0.39 is 0 Å². The highest BCUT2D eigenvalue weighted by molar-refractivity contribution is 5.89. The molecule has 6 heteroatoms. The third-order valence-electron chi connectivity index (χ3n) is 7.41. The van der Waals surface area contributed by atoms with Gasteiger partial charge in [0.2, 0.25) is 0 Å². The van der Waals surface area contributed by atoms with Gasteiger partial charge >= 0.3 is 6.03 Å². The smallest absolute Gasteiger partial charge is 0.321 e. The predicted octanol–water partition coefficient (Wildman–Crippen LogP) is 5.26. The van der Waals surface area contributed by atoms with E-state index in [1.54, 1.807) is 12.1 Å². The number of carbonyl (C=O) groups excluding carboxylic acids is 1. The van der Waals surface area contributed by atoms with E-state index in [0.29, 0.717) is 18.8 Å². The lowest BCUT2D eigenvalue weighted by Crippen LogP contribution is -2.68. The molecule has 0 spiro atoms. The van der Waals surface area contributed by atoms with E-state index in [9.17, 15) is 14.3 Å². The van der Waals surface area contributed by atoms with Crippen LogP contribution in [0, 0.1) is 12.7 Å². The van der Waals surface area contributed by atoms with Crippen molar-refractivity contribution < 1.29 is 14.3 Å². The van der Waals surface area contributed by atoms with Crippen LogP contribution in [0.3, 0.4) is 0 Å². The van der Waals surface area contributed by atoms with Gasteiger partial charge in [0, 0.05) is 36.8 Å². The molecule has 0 radical (unpaired) electrons. The molecule has 3 atom stereocenters. The molecule has 0 bridgehead atoms. The summed E-state index contributed by atoms with van der Waals surface area (Å²) in [5.74, 6) is -0.227. The maximum absolute atomic E-state index is 13.6. The molecular formula is C29H32FN3O2. The summed E-state index contributed by atoms with van der Waals surface area (Å²) in [5.41, 5.74) is 5.23. The van der Waals surface area contributed by atoms with Crippen molar-refractivity contribution in [3.05, 3.63) is 89.7 Å². The Kier molecular flexibility index (Phi) is 6.84. The number of hydrogen-bond acceptors (Lipinski definition) is 3. The third kappa shape index (κ3) is 4.95. The summed E-state index contributed by atoms with van der Waals surface area (Å²) < 4.78 is 13.6. The molecule has 35 heavy (non-hydrogen) atoms. The first-order valence-electron chi connectivity index (χ1n) is 12.4. The first-order valence-corrected chi connectivity index (χ1v) is 12.4. The van der Waals surface area contributed by atoms with Gasteiger partial charge < -0.3 is 15.3 Å². The summed E-state index contributed by atoms with van der Waals surface area (Å²) >= 11 is 0. The molecule has 0 unspecified atom stereocenters. The Labute approximate surface area is 206 Å². The zero-order chi connectivity index (χ0) is 24.4. The standard InChI is InChI=1S/C29H32FN3O2/c1-20-7-9-21(10-8-20)22-11-13-23(14-12-22)28-26-18-32(15-2-3-16-33(26)27(28)19-34)29(35)31-25-6-4-5-24(30)17-25/h4-14,17,26-28,34H,2-3,15-16,18-19H2,1H3,(H,31,35)/t26-,27+,28+/m1/s1. The summed E-state index contributed by atoms with van der Waals surface area (Å²) in [6.07, 6.45) is 1.86. The summed E-state index contributed by atoms with van der Waals surface area (Å²) in [6, 6.07) is 23.1. The predicted molar refractivity (Wildman–Crippen MR) is 137 cm³/mol. The molecular weight excluding hydrogens is 441 g/mol. The minimum atomic E-state index is -0.374. The number of fused-ring (bicyclic) bond motifs is 1. The molecule has 0 saturated carbocycles. The van der Waals surface area contributed by atoms with Crippen molar-refractivity contribution in [2.24, 2.45) is 0 Å². The number of aliphatic hydroxyl groups is 1. The van der Waals surface area contributed by atoms with Crippen LogP contribution >= 0.6 is 0 Å². The maximum atomic E-state index is 13.6. The molecule has 182 valence electrons. The van der Waals surface area contributed by atoms with Gasteiger partial charge in [0.25, 0.3) is 0 Å². The molecule has 2 heterocycles. The molecule has 0 aliphatic carbocycles. The molecule has 2 amide bonds. The van der Waals surface area contributed by atoms with Crippen LogP contribution in [0.25, 0.3) is 11.1 Å². The quantitative estimate of drug-likeness (QED) is 0.544. The van der Waals surface area contributed by atoms with Gasteiger partial charge in [-0.05, 0) is 61.2 Å². The van der Waals surface area contributed by atoms with Crippen LogP contribution in [0.1, 0.15) is 29.9 Å². The molecule has 2 aliphatic heterocycles. The van der Waals surface area contributed by atoms with Crippen LogP contribution in [-0.4, -0.2) is 59.3 Å². The average molecular weight is 474 g/mol. The Balaban J connectivity index is 1.34. The van der Waals surface area contributed by atoms with Gasteiger partial charge in [-0.2, -0.15) is 0 Å². The monoisotopic (exact) mass is 473 g/mol. The number of nitrogens with zero attached hydrogens (tertiary/aromatic N) is 2. The summed E-state index contributed by atoms with van der Waals surface area (Å²) in [6.45, 7) is 4.33. The van der Waals surface area contributed by atoms with E-state index in [0.717, 1.165) is 19.4 Å². The van der Waals surface area contributed by atoms with Crippen LogP contribution in [0.5, 0.6) is 0 Å². The van der Waals surface area contributed by atoms with Crippen LogP contribution in [0.2, 0.25) is 0 Å². The number of hydrogen-bond donors (Lipinski definition) is 2. The lowest BCUT2D eigenvalue weighted by Gasteiger charge is -2.57. The van der Waals surface area contributed by atoms with Crippen molar-refractivity contribution in [1.82, 2.24) is 9.80 Å². The fourth-order valence-electron chi connectivity index (χ4n) is 5.54. The van der Waals surface area contributed by atoms with Gasteiger partial charge in [-0.1, -0.05) is 60.2 Å². The number of rotatable bonds is 4. The highest BCUT2D eigenvalue weighted by Crippen LogP contribution is 2.42. The Morgan fingerprint density at radius 2 is 1.69 bits per heavy atom. The number of benzene rings is 3. The Morgan fingerprint density at radius 3 is 2.37 bits per heavy atom. The lowest BCUT2D eigenvalue weighted by atomic mass is 9.74. The average Bonchev–Trinajstić information content (AvgIpc) is 2.84. The third-order valence-corrected chi connectivity index (χ3v) is 7.41. The van der Waals surface area contributed by atoms with E-state index in [1.165, 1.54) is 34.4 Å². The largest absolute Gasteiger partial charge is 0.395 e. The van der Waals surface area contributed by atoms with Gasteiger partial charge in [-0.3, -0.25) is 4.90 Å². The number of aliphatic hydroxyl groups excluding tert-OH is 1. The van der Waals surface area contributed by atoms with Crippen molar-refractivity contribution in [2.45, 2.75) is 37.8 Å². The van der Waals surface area contributed by atoms with Crippen molar-refractivity contribution in [2.75, 3.05) is 31.6 Å². The maximum Gasteiger partial charge on any atom is 0.321 e. The summed E-state index contributed by atoms with van der Waals surface area (Å²) in [7, 11) is 0. The number of amides is 2. The molecule has 2 aliphatic rings. The SMILES string of the molecule is Cc1ccc(-c2ccc([C@H]3[C@H]4CN(C(=O)Nc5cccc(F)c5)CCCCN4[C@H]3CO)cc2)cc1. The first kappa shape index (κ1) is 23.5. The fourth-order valence-corrected chi connectivity index (χ4v) is 5.54. The second-order valence-electron chi connectivity index (χ2n) is 9.66. The molecule has 3 aromatic carbocycles. The van der Waals surface area contributed by atoms with E-state index in [-0.39, 0.29) is 36.5 Å². The topological polar surface area (TPSA) is 55.8 Å². The van der Waals surface area contributed by atoms with Gasteiger partial charge in [-0.15, -0.1) is 0 Å². The molecule has 5 nitrogen and oxygen atoms in total. The molecule has 3 aromatic rings. The molecule has 0 aromatic heterocycles. The molecule has 2 fully saturated rings. The minimum Gasteiger partial charge on any atom is -0.395 e. The number of nitrogens with one attached hydrogen (secondary N) is 1. The normalized spacial score (nSPS) is 22.5. The van der Waals surface area contributed by atoms with Gasteiger partial charge in [0.05, 0.1) is 6.61 Å². The second-order valence-corrected chi connectivity index (χ2v) is 9.66. The molecule has 2 saturated heterocycles. The molecule has 2 N–H and O–H groups in total. The van der Waals surface area contributed by atoms with Crippen LogP contribution < -0.4 is 5.32 Å². The van der Waals surface area contributed by atoms with E-state index >= 15 is 0 Å². The second kappa shape index (κ2) is 10.2.